The van der Waals surface area contributed by atoms with Crippen molar-refractivity contribution in [2.24, 2.45) is 4.99 Å². The van der Waals surface area contributed by atoms with Crippen LogP contribution >= 0.6 is 0 Å². The van der Waals surface area contributed by atoms with Crippen LogP contribution in [0.25, 0.3) is 0 Å². The normalized spacial score (nSPS) is 10.9. The second-order valence-electron chi connectivity index (χ2n) is 3.27. The molecule has 0 spiro atoms. The highest BCUT2D eigenvalue weighted by Gasteiger charge is 2.20. The van der Waals surface area contributed by atoms with Gasteiger partial charge in [-0.25, -0.2) is 9.79 Å². The maximum atomic E-state index is 9.74. The van der Waals surface area contributed by atoms with Crippen LogP contribution in [0.1, 0.15) is 13.3 Å². The van der Waals surface area contributed by atoms with Gasteiger partial charge in [0.1, 0.15) is 0 Å². The molecule has 0 aliphatic heterocycles. The van der Waals surface area contributed by atoms with Gasteiger partial charge in [0.2, 0.25) is 6.08 Å². The van der Waals surface area contributed by atoms with Gasteiger partial charge in [-0.05, 0) is 32.5 Å². The van der Waals surface area contributed by atoms with Gasteiger partial charge in [0.15, 0.2) is 8.32 Å². The van der Waals surface area contributed by atoms with Crippen LogP contribution in [-0.2, 0) is 9.22 Å². The highest BCUT2D eigenvalue weighted by Crippen LogP contribution is 2.12. The molecule has 70 valence electrons. The van der Waals surface area contributed by atoms with E-state index in [1.165, 1.54) is 6.08 Å². The van der Waals surface area contributed by atoms with E-state index in [1.54, 1.807) is 0 Å². The Morgan fingerprint density at radius 3 is 2.67 bits per heavy atom. The maximum Gasteiger partial charge on any atom is 0.234 e. The van der Waals surface area contributed by atoms with E-state index in [4.69, 9.17) is 4.43 Å². The van der Waals surface area contributed by atoms with Gasteiger partial charge in [0, 0.05) is 6.61 Å². The van der Waals surface area contributed by atoms with Crippen LogP contribution in [0.5, 0.6) is 0 Å². The molecule has 0 aliphatic rings. The second kappa shape index (κ2) is 6.12. The highest BCUT2D eigenvalue weighted by molar-refractivity contribution is 6.71. The van der Waals surface area contributed by atoms with Gasteiger partial charge in [0.05, 0.1) is 6.54 Å². The summed E-state index contributed by atoms with van der Waals surface area (Å²) < 4.78 is 5.61. The van der Waals surface area contributed by atoms with Crippen molar-refractivity contribution in [3.05, 3.63) is 0 Å². The first-order valence-corrected chi connectivity index (χ1v) is 7.41. The second-order valence-corrected chi connectivity index (χ2v) is 7.58. The summed E-state index contributed by atoms with van der Waals surface area (Å²) in [4.78, 5) is 13.2. The van der Waals surface area contributed by atoms with E-state index in [9.17, 15) is 4.79 Å². The van der Waals surface area contributed by atoms with Gasteiger partial charge in [0.25, 0.3) is 0 Å². The number of hydrogen-bond acceptors (Lipinski definition) is 3. The van der Waals surface area contributed by atoms with Gasteiger partial charge in [-0.15, -0.1) is 0 Å². The number of carbonyl (C=O) groups excluding carboxylic acids is 1. The van der Waals surface area contributed by atoms with E-state index >= 15 is 0 Å². The molecule has 0 aromatic heterocycles. The predicted molar refractivity (Wildman–Crippen MR) is 51.5 cm³/mol. The SMILES string of the molecule is CCO[Si](C)(C)CCCN=C=O. The Morgan fingerprint density at radius 2 is 2.17 bits per heavy atom. The third-order valence-electron chi connectivity index (χ3n) is 1.65. The highest BCUT2D eigenvalue weighted by atomic mass is 28.4. The molecule has 12 heavy (non-hydrogen) atoms. The van der Waals surface area contributed by atoms with Gasteiger partial charge < -0.3 is 4.43 Å². The monoisotopic (exact) mass is 187 g/mol. The topological polar surface area (TPSA) is 38.7 Å². The van der Waals surface area contributed by atoms with Crippen molar-refractivity contribution < 1.29 is 9.22 Å². The number of hydrogen-bond donors (Lipinski definition) is 0. The Balaban J connectivity index is 3.52. The molecule has 0 bridgehead atoms. The standard InChI is InChI=1S/C8H17NO2Si/c1-4-11-12(2,3)7-5-6-9-8-10/h4-7H2,1-3H3. The molecule has 0 atom stereocenters. The van der Waals surface area contributed by atoms with E-state index in [0.717, 1.165) is 19.1 Å². The Bertz CT molecular complexity index is 164. The van der Waals surface area contributed by atoms with Crippen LogP contribution in [0.2, 0.25) is 19.1 Å². The average Bonchev–Trinajstić information content (AvgIpc) is 1.98. The molecule has 0 aliphatic carbocycles. The Labute approximate surface area is 75.0 Å². The quantitative estimate of drug-likeness (QED) is 0.276. The molecule has 3 nitrogen and oxygen atoms in total. The molecule has 0 rings (SSSR count). The molecule has 0 unspecified atom stereocenters. The van der Waals surface area contributed by atoms with E-state index in [1.807, 2.05) is 6.92 Å². The first-order chi connectivity index (χ1) is 5.62. The molecule has 0 N–H and O–H groups in total. The zero-order valence-corrected chi connectivity index (χ0v) is 9.09. The van der Waals surface area contributed by atoms with Crippen molar-refractivity contribution in [2.45, 2.75) is 32.5 Å². The van der Waals surface area contributed by atoms with Crippen molar-refractivity contribution in [3.8, 4) is 0 Å². The third-order valence-corrected chi connectivity index (χ3v) is 4.28. The summed E-state index contributed by atoms with van der Waals surface area (Å²) in [6.45, 7) is 7.75. The lowest BCUT2D eigenvalue weighted by atomic mass is 10.5. The van der Waals surface area contributed by atoms with Crippen molar-refractivity contribution in [1.29, 1.82) is 0 Å². The van der Waals surface area contributed by atoms with Gasteiger partial charge in [-0.2, -0.15) is 0 Å². The van der Waals surface area contributed by atoms with Gasteiger partial charge >= 0.3 is 0 Å². The van der Waals surface area contributed by atoms with Crippen LogP contribution < -0.4 is 0 Å². The summed E-state index contributed by atoms with van der Waals surface area (Å²) in [7, 11) is -1.44. The first kappa shape index (κ1) is 11.6. The van der Waals surface area contributed by atoms with Crippen LogP contribution in [0.4, 0.5) is 0 Å². The summed E-state index contributed by atoms with van der Waals surface area (Å²) in [5, 5.41) is 0. The molecule has 0 heterocycles. The Kier molecular flexibility index (Phi) is 5.89. The summed E-state index contributed by atoms with van der Waals surface area (Å²) in [6, 6.07) is 1.06. The van der Waals surface area contributed by atoms with Crippen molar-refractivity contribution in [1.82, 2.24) is 0 Å². The fourth-order valence-corrected chi connectivity index (χ4v) is 3.03. The molecule has 0 amide bonds. The van der Waals surface area contributed by atoms with E-state index in [2.05, 4.69) is 18.1 Å². The smallest absolute Gasteiger partial charge is 0.234 e. The molecule has 0 radical (unpaired) electrons. The van der Waals surface area contributed by atoms with Gasteiger partial charge in [-0.3, -0.25) is 0 Å². The third kappa shape index (κ3) is 6.28. The largest absolute Gasteiger partial charge is 0.418 e. The molecule has 0 aromatic rings. The summed E-state index contributed by atoms with van der Waals surface area (Å²) in [5.41, 5.74) is 0. The van der Waals surface area contributed by atoms with Crippen LogP contribution in [0, 0.1) is 0 Å². The minimum Gasteiger partial charge on any atom is -0.418 e. The Morgan fingerprint density at radius 1 is 1.50 bits per heavy atom. The molecule has 0 aromatic carbocycles. The first-order valence-electron chi connectivity index (χ1n) is 4.30. The van der Waals surface area contributed by atoms with E-state index in [-0.39, 0.29) is 0 Å². The predicted octanol–water partition coefficient (Wildman–Crippen LogP) is 1.95. The zero-order chi connectivity index (χ0) is 9.45. The van der Waals surface area contributed by atoms with Crippen LogP contribution in [0.15, 0.2) is 4.99 Å². The molecule has 4 heteroatoms. The van der Waals surface area contributed by atoms with Crippen molar-refractivity contribution in [2.75, 3.05) is 13.2 Å². The summed E-state index contributed by atoms with van der Waals surface area (Å²) in [6.07, 6.45) is 2.47. The fourth-order valence-electron chi connectivity index (χ4n) is 1.09. The number of aliphatic imine (C=N–C) groups is 1. The summed E-state index contributed by atoms with van der Waals surface area (Å²) in [5.74, 6) is 0. The maximum absolute atomic E-state index is 9.74. The molecule has 0 saturated carbocycles. The van der Waals surface area contributed by atoms with E-state index < -0.39 is 8.32 Å². The summed E-state index contributed by atoms with van der Waals surface area (Å²) >= 11 is 0. The van der Waals surface area contributed by atoms with Crippen LogP contribution in [-0.4, -0.2) is 27.5 Å². The van der Waals surface area contributed by atoms with E-state index in [0.29, 0.717) is 6.54 Å². The zero-order valence-electron chi connectivity index (χ0n) is 8.09. The fraction of sp³-hybridized carbons (Fsp3) is 0.875. The lowest BCUT2D eigenvalue weighted by Gasteiger charge is -2.20. The van der Waals surface area contributed by atoms with Crippen LogP contribution in [0.3, 0.4) is 0 Å². The molecular formula is C8H17NO2Si. The molecular weight excluding hydrogens is 170 g/mol. The minimum atomic E-state index is -1.44. The minimum absolute atomic E-state index is 0.590. The van der Waals surface area contributed by atoms with Crippen molar-refractivity contribution >= 4 is 14.4 Å². The van der Waals surface area contributed by atoms with Gasteiger partial charge in [-0.1, -0.05) is 0 Å². The lowest BCUT2D eigenvalue weighted by Crippen LogP contribution is -2.30. The molecule has 0 fully saturated rings. The average molecular weight is 187 g/mol. The number of rotatable bonds is 6. The molecule has 0 saturated heterocycles. The lowest BCUT2D eigenvalue weighted by molar-refractivity contribution is 0.328. The Hall–Kier alpha value is -0.443. The number of nitrogens with zero attached hydrogens (tertiary/aromatic N) is 1. The number of isocyanates is 1. The van der Waals surface area contributed by atoms with Crippen molar-refractivity contribution in [3.63, 3.8) is 0 Å².